The van der Waals surface area contributed by atoms with Gasteiger partial charge < -0.3 is 14.4 Å². The molecular formula is C24H36N2O2. The molecule has 2 aromatic rings. The zero-order valence-electron chi connectivity index (χ0n) is 18.2. The molecule has 1 saturated heterocycles. The van der Waals surface area contributed by atoms with Gasteiger partial charge in [-0.3, -0.25) is 4.90 Å². The second kappa shape index (κ2) is 11.7. The lowest BCUT2D eigenvalue weighted by Crippen LogP contribution is -2.43. The highest BCUT2D eigenvalue weighted by molar-refractivity contribution is 5.51. The maximum absolute atomic E-state index is 5.38. The molecule has 4 heteroatoms. The molecule has 3 rings (SSSR count). The molecule has 0 saturated carbocycles. The summed E-state index contributed by atoms with van der Waals surface area (Å²) in [5, 5.41) is 0. The van der Waals surface area contributed by atoms with Crippen LogP contribution in [0.25, 0.3) is 0 Å². The molecule has 0 aliphatic carbocycles. The molecule has 0 amide bonds. The molecule has 28 heavy (non-hydrogen) atoms. The summed E-state index contributed by atoms with van der Waals surface area (Å²) in [5.74, 6) is 1.74. The normalized spacial score (nSPS) is 14.9. The fraction of sp³-hybridized carbons (Fsp3) is 0.500. The van der Waals surface area contributed by atoms with Gasteiger partial charge in [0, 0.05) is 32.7 Å². The number of methoxy groups -OCH3 is 2. The van der Waals surface area contributed by atoms with Crippen molar-refractivity contribution in [2.24, 2.45) is 0 Å². The highest BCUT2D eigenvalue weighted by Crippen LogP contribution is 2.34. The first kappa shape index (κ1) is 22.3. The van der Waals surface area contributed by atoms with Crippen molar-refractivity contribution in [3.05, 3.63) is 59.2 Å². The van der Waals surface area contributed by atoms with E-state index < -0.39 is 0 Å². The molecule has 0 spiro atoms. The number of hydrogen-bond donors (Lipinski definition) is 0. The molecule has 1 aliphatic rings. The summed E-state index contributed by atoms with van der Waals surface area (Å²) < 4.78 is 10.7. The summed E-state index contributed by atoms with van der Waals surface area (Å²) >= 11 is 0. The monoisotopic (exact) mass is 384 g/mol. The van der Waals surface area contributed by atoms with Crippen molar-refractivity contribution in [2.75, 3.05) is 47.4 Å². The molecule has 2 aromatic carbocycles. The number of benzene rings is 2. The average molecular weight is 385 g/mol. The summed E-state index contributed by atoms with van der Waals surface area (Å²) in [5.41, 5.74) is 3.76. The van der Waals surface area contributed by atoms with E-state index >= 15 is 0 Å². The summed E-state index contributed by atoms with van der Waals surface area (Å²) in [6, 6.07) is 14.9. The van der Waals surface area contributed by atoms with Crippen molar-refractivity contribution >= 4 is 0 Å². The van der Waals surface area contributed by atoms with Crippen LogP contribution in [-0.2, 0) is 13.0 Å². The van der Waals surface area contributed by atoms with Gasteiger partial charge >= 0.3 is 0 Å². The fourth-order valence-electron chi connectivity index (χ4n) is 3.49. The smallest absolute Gasteiger partial charge is 0.164 e. The number of rotatable bonds is 6. The quantitative estimate of drug-likeness (QED) is 0.737. The Bertz CT molecular complexity index is 695. The van der Waals surface area contributed by atoms with Crippen LogP contribution >= 0.6 is 0 Å². The van der Waals surface area contributed by atoms with Crippen LogP contribution in [0.4, 0.5) is 0 Å². The Hall–Kier alpha value is -2.04. The third-order valence-corrected chi connectivity index (χ3v) is 5.16. The zero-order chi connectivity index (χ0) is 20.4. The number of nitrogens with zero attached hydrogens (tertiary/aromatic N) is 2. The summed E-state index contributed by atoms with van der Waals surface area (Å²) in [6.45, 7) is 10.1. The van der Waals surface area contributed by atoms with Gasteiger partial charge in [0.2, 0.25) is 0 Å². The number of aryl methyl sites for hydroxylation is 2. The lowest BCUT2D eigenvalue weighted by Gasteiger charge is -2.32. The highest BCUT2D eigenvalue weighted by Gasteiger charge is 2.13. The van der Waals surface area contributed by atoms with Crippen molar-refractivity contribution in [2.45, 2.75) is 33.2 Å². The third-order valence-electron chi connectivity index (χ3n) is 5.16. The molecule has 1 heterocycles. The van der Waals surface area contributed by atoms with Crippen LogP contribution in [0.2, 0.25) is 0 Å². The van der Waals surface area contributed by atoms with Crippen LogP contribution in [0.3, 0.4) is 0 Å². The number of likely N-dealkylation sites (N-methyl/N-ethyl adjacent to an activating group) is 1. The van der Waals surface area contributed by atoms with Gasteiger partial charge in [-0.25, -0.2) is 0 Å². The molecule has 154 valence electrons. The van der Waals surface area contributed by atoms with Crippen molar-refractivity contribution in [1.82, 2.24) is 9.80 Å². The fourth-order valence-corrected chi connectivity index (χ4v) is 3.49. The molecule has 0 aromatic heterocycles. The summed E-state index contributed by atoms with van der Waals surface area (Å²) in [7, 11) is 5.57. The van der Waals surface area contributed by atoms with Crippen LogP contribution < -0.4 is 9.47 Å². The van der Waals surface area contributed by atoms with Gasteiger partial charge in [0.05, 0.1) is 14.2 Å². The van der Waals surface area contributed by atoms with Crippen molar-refractivity contribution in [3.8, 4) is 11.5 Å². The molecule has 0 radical (unpaired) electrons. The molecule has 1 aliphatic heterocycles. The van der Waals surface area contributed by atoms with Gasteiger partial charge in [-0.2, -0.15) is 0 Å². The van der Waals surface area contributed by atoms with E-state index in [1.165, 1.54) is 37.3 Å². The van der Waals surface area contributed by atoms with Crippen LogP contribution in [0.15, 0.2) is 42.5 Å². The second-order valence-corrected chi connectivity index (χ2v) is 7.42. The van der Waals surface area contributed by atoms with Crippen LogP contribution in [0, 0.1) is 6.92 Å². The Balaban J connectivity index is 0.000000200. The van der Waals surface area contributed by atoms with Crippen LogP contribution in [-0.4, -0.2) is 57.2 Å². The van der Waals surface area contributed by atoms with E-state index in [1.54, 1.807) is 14.2 Å². The van der Waals surface area contributed by atoms with Gasteiger partial charge in [0.1, 0.15) is 0 Å². The zero-order valence-corrected chi connectivity index (χ0v) is 18.2. The van der Waals surface area contributed by atoms with Gasteiger partial charge in [0.25, 0.3) is 0 Å². The lowest BCUT2D eigenvalue weighted by molar-refractivity contribution is 0.148. The molecule has 1 fully saturated rings. The molecule has 4 nitrogen and oxygen atoms in total. The first-order valence-corrected chi connectivity index (χ1v) is 10.2. The SMILES string of the molecule is CCCc1ccc(C)c(OC)c1OC.CN1CCN(Cc2ccccc2)CC1. The summed E-state index contributed by atoms with van der Waals surface area (Å²) in [4.78, 5) is 4.91. The number of ether oxygens (including phenoxy) is 2. The Kier molecular flexibility index (Phi) is 9.32. The predicted octanol–water partition coefficient (Wildman–Crippen LogP) is 4.40. The summed E-state index contributed by atoms with van der Waals surface area (Å²) in [6.07, 6.45) is 2.14. The minimum Gasteiger partial charge on any atom is -0.493 e. The van der Waals surface area contributed by atoms with Crippen LogP contribution in [0.1, 0.15) is 30.0 Å². The number of piperazine rings is 1. The predicted molar refractivity (Wildman–Crippen MR) is 117 cm³/mol. The van der Waals surface area contributed by atoms with Crippen LogP contribution in [0.5, 0.6) is 11.5 Å². The Labute approximate surface area is 171 Å². The van der Waals surface area contributed by atoms with E-state index in [1.807, 2.05) is 6.92 Å². The van der Waals surface area contributed by atoms with Crippen molar-refractivity contribution in [1.29, 1.82) is 0 Å². The molecule has 0 atom stereocenters. The lowest BCUT2D eigenvalue weighted by atomic mass is 10.1. The Morgan fingerprint density at radius 1 is 0.857 bits per heavy atom. The number of hydrogen-bond acceptors (Lipinski definition) is 4. The standard InChI is InChI=1S/C12H18N2.C12H18O2/c1-13-7-9-14(10-8-13)11-12-5-3-2-4-6-12;1-5-6-10-8-7-9(2)11(13-3)12(10)14-4/h2-6H,7-11H2,1H3;7-8H,5-6H2,1-4H3. The van der Waals surface area contributed by atoms with Crippen molar-refractivity contribution in [3.63, 3.8) is 0 Å². The topological polar surface area (TPSA) is 24.9 Å². The Morgan fingerprint density at radius 3 is 2.07 bits per heavy atom. The highest BCUT2D eigenvalue weighted by atomic mass is 16.5. The van der Waals surface area contributed by atoms with E-state index in [0.717, 1.165) is 36.4 Å². The van der Waals surface area contributed by atoms with Gasteiger partial charge in [-0.15, -0.1) is 0 Å². The molecule has 0 bridgehead atoms. The van der Waals surface area contributed by atoms with Gasteiger partial charge in [-0.05, 0) is 37.1 Å². The van der Waals surface area contributed by atoms with Gasteiger partial charge in [-0.1, -0.05) is 55.8 Å². The van der Waals surface area contributed by atoms with Gasteiger partial charge in [0.15, 0.2) is 11.5 Å². The van der Waals surface area contributed by atoms with E-state index in [2.05, 4.69) is 66.2 Å². The minimum absolute atomic E-state index is 0.860. The third kappa shape index (κ3) is 6.54. The van der Waals surface area contributed by atoms with E-state index in [4.69, 9.17) is 9.47 Å². The van der Waals surface area contributed by atoms with E-state index in [-0.39, 0.29) is 0 Å². The largest absolute Gasteiger partial charge is 0.493 e. The molecular weight excluding hydrogens is 348 g/mol. The van der Waals surface area contributed by atoms with E-state index in [0.29, 0.717) is 0 Å². The van der Waals surface area contributed by atoms with E-state index in [9.17, 15) is 0 Å². The maximum atomic E-state index is 5.38. The minimum atomic E-state index is 0.860. The second-order valence-electron chi connectivity index (χ2n) is 7.42. The molecule has 0 N–H and O–H groups in total. The maximum Gasteiger partial charge on any atom is 0.164 e. The Morgan fingerprint density at radius 2 is 1.50 bits per heavy atom. The van der Waals surface area contributed by atoms with Crippen molar-refractivity contribution < 1.29 is 9.47 Å². The first-order chi connectivity index (χ1) is 13.6. The average Bonchev–Trinajstić information content (AvgIpc) is 2.72. The molecule has 0 unspecified atom stereocenters. The first-order valence-electron chi connectivity index (χ1n) is 10.2.